The highest BCUT2D eigenvalue weighted by atomic mass is 16.8. The van der Waals surface area contributed by atoms with Gasteiger partial charge in [0.1, 0.15) is 40.5 Å². The molecular formula is C62H96N6O23. The number of likely N-dealkylation sites (N-methyl/N-ethyl adjacent to an activating group) is 2. The van der Waals surface area contributed by atoms with Gasteiger partial charge in [-0.1, -0.05) is 39.1 Å². The summed E-state index contributed by atoms with van der Waals surface area (Å²) in [7, 11) is 6.44. The first kappa shape index (κ1) is 85.6. The molecule has 0 heterocycles. The number of amides is 4. The Morgan fingerprint density at radius 1 is 0.396 bits per heavy atom. The number of carbonyl (C=O) groups is 8. The molecule has 4 aromatic carbocycles. The number of hydrogen-bond acceptors (Lipinski definition) is 23. The van der Waals surface area contributed by atoms with Crippen LogP contribution in [0.2, 0.25) is 0 Å². The van der Waals surface area contributed by atoms with Crippen LogP contribution in [0.1, 0.15) is 120 Å². The molecule has 0 saturated carbocycles. The molecule has 91 heavy (non-hydrogen) atoms. The molecule has 4 rings (SSSR count). The zero-order chi connectivity index (χ0) is 69.3. The Morgan fingerprint density at radius 3 is 0.912 bits per heavy atom. The molecule has 0 radical (unpaired) electrons. The number of alkyl carbamates (subject to hydrolysis) is 2. The number of benzene rings is 4. The Kier molecular flexibility index (Phi) is 35.8. The molecule has 29 nitrogen and oxygen atoms in total. The zero-order valence-corrected chi connectivity index (χ0v) is 52.9. The van der Waals surface area contributed by atoms with Gasteiger partial charge in [0.15, 0.2) is 46.0 Å². The predicted octanol–water partition coefficient (Wildman–Crippen LogP) is 7.49. The number of ether oxygens (including phenoxy) is 5. The molecule has 0 unspecified atom stereocenters. The van der Waals surface area contributed by atoms with Crippen LogP contribution in [0.3, 0.4) is 0 Å². The highest BCUT2D eigenvalue weighted by molar-refractivity contribution is 5.86. The maximum atomic E-state index is 12.2. The van der Waals surface area contributed by atoms with E-state index in [-0.39, 0.29) is 91.9 Å². The van der Waals surface area contributed by atoms with Gasteiger partial charge >= 0.3 is 36.4 Å². The Bertz CT molecular complexity index is 2990. The minimum atomic E-state index is -1.23. The lowest BCUT2D eigenvalue weighted by atomic mass is 10.0. The average Bonchev–Trinajstić information content (AvgIpc) is 1.70. The van der Waals surface area contributed by atoms with Gasteiger partial charge in [-0.05, 0) is 167 Å². The van der Waals surface area contributed by atoms with Crippen molar-refractivity contribution in [3.8, 4) is 46.0 Å². The first-order valence-corrected chi connectivity index (χ1v) is 27.0. The van der Waals surface area contributed by atoms with Crippen molar-refractivity contribution in [2.45, 2.75) is 170 Å². The van der Waals surface area contributed by atoms with Crippen LogP contribution in [0, 0.1) is 0 Å². The highest BCUT2D eigenvalue weighted by Gasteiger charge is 2.28. The summed E-state index contributed by atoms with van der Waals surface area (Å²) in [5.41, 5.74) is 10.5. The first-order valence-electron chi connectivity index (χ1n) is 27.0. The molecule has 16 N–H and O–H groups in total. The SMILES string of the molecule is C.C.CC(C)(C)OC(=O)N[C@@H](Cc1ccc(O)c(O)c1)C(=O)O.CC(C)(C)OC(=O)OC(=O)OC(C)(C)C.CN(C)C(=O)[C@@H](N)Cc1ccc(O)c(O)c1.CN(C)C(=O)[C@H](Cc1ccc(O)c(O)c1)NC(=O)OC(C)(C)C.N[C@@H](Cc1ccc(O)c(O)c1)C(=O)O. The third-order valence-corrected chi connectivity index (χ3v) is 10.4. The van der Waals surface area contributed by atoms with E-state index >= 15 is 0 Å². The number of rotatable bonds is 14. The molecule has 0 aliphatic rings. The minimum Gasteiger partial charge on any atom is -0.504 e. The molecule has 4 amide bonds. The average molecular weight is 1290 g/mol. The van der Waals surface area contributed by atoms with E-state index in [0.29, 0.717) is 28.7 Å². The summed E-state index contributed by atoms with van der Waals surface area (Å²) in [6.07, 6.45) is -3.10. The van der Waals surface area contributed by atoms with Crippen LogP contribution in [0.15, 0.2) is 72.8 Å². The van der Waals surface area contributed by atoms with Crippen LogP contribution in [0.25, 0.3) is 0 Å². The van der Waals surface area contributed by atoms with Crippen molar-refractivity contribution in [2.24, 2.45) is 11.5 Å². The molecule has 0 bridgehead atoms. The number of nitrogens with one attached hydrogen (secondary N) is 2. The number of aromatic hydroxyl groups is 8. The lowest BCUT2D eigenvalue weighted by Crippen LogP contribution is -2.48. The second kappa shape index (κ2) is 38.0. The normalized spacial score (nSPS) is 12.0. The maximum absolute atomic E-state index is 12.2. The van der Waals surface area contributed by atoms with Crippen LogP contribution >= 0.6 is 0 Å². The van der Waals surface area contributed by atoms with Gasteiger partial charge in [0.05, 0.1) is 6.04 Å². The van der Waals surface area contributed by atoms with E-state index in [1.165, 1.54) is 70.5 Å². The molecular weight excluding hydrogens is 1200 g/mol. The third kappa shape index (κ3) is 37.7. The van der Waals surface area contributed by atoms with E-state index in [9.17, 15) is 63.9 Å². The van der Waals surface area contributed by atoms with Gasteiger partial charge in [-0.25, -0.2) is 24.0 Å². The maximum Gasteiger partial charge on any atom is 0.519 e. The first-order chi connectivity index (χ1) is 40.5. The van der Waals surface area contributed by atoms with Gasteiger partial charge in [0.25, 0.3) is 0 Å². The quantitative estimate of drug-likeness (QED) is 0.0251. The fraction of sp³-hybridized carbons (Fsp3) is 0.484. The van der Waals surface area contributed by atoms with Gasteiger partial charge in [0, 0.05) is 41.0 Å². The molecule has 0 fully saturated rings. The van der Waals surface area contributed by atoms with E-state index in [4.69, 9.17) is 55.9 Å². The molecule has 512 valence electrons. The number of carboxylic acid groups (broad SMARTS) is 2. The molecule has 0 aliphatic heterocycles. The van der Waals surface area contributed by atoms with Crippen LogP contribution < -0.4 is 22.1 Å². The van der Waals surface area contributed by atoms with E-state index in [2.05, 4.69) is 15.4 Å². The smallest absolute Gasteiger partial charge is 0.504 e. The Labute approximate surface area is 531 Å². The summed E-state index contributed by atoms with van der Waals surface area (Å²) in [6.45, 7) is 20.2. The fourth-order valence-corrected chi connectivity index (χ4v) is 6.49. The molecule has 0 aromatic heterocycles. The zero-order valence-electron chi connectivity index (χ0n) is 52.9. The van der Waals surface area contributed by atoms with Gasteiger partial charge in [-0.3, -0.25) is 14.4 Å². The van der Waals surface area contributed by atoms with Crippen molar-refractivity contribution in [1.82, 2.24) is 20.4 Å². The van der Waals surface area contributed by atoms with Crippen molar-refractivity contribution in [2.75, 3.05) is 28.2 Å². The number of carbonyl (C=O) groups excluding carboxylic acids is 6. The predicted molar refractivity (Wildman–Crippen MR) is 336 cm³/mol. The Hall–Kier alpha value is -9.64. The van der Waals surface area contributed by atoms with Crippen molar-refractivity contribution < 1.29 is 113 Å². The van der Waals surface area contributed by atoms with Crippen LogP contribution in [0.5, 0.6) is 46.0 Å². The summed E-state index contributed by atoms with van der Waals surface area (Å²) in [5, 5.41) is 96.4. The molecule has 0 saturated heterocycles. The van der Waals surface area contributed by atoms with Gasteiger partial charge in [0.2, 0.25) is 11.8 Å². The number of carboxylic acids is 2. The largest absolute Gasteiger partial charge is 0.519 e. The van der Waals surface area contributed by atoms with E-state index in [1.807, 2.05) is 0 Å². The van der Waals surface area contributed by atoms with Crippen molar-refractivity contribution in [1.29, 1.82) is 0 Å². The van der Waals surface area contributed by atoms with Crippen molar-refractivity contribution in [3.63, 3.8) is 0 Å². The summed E-state index contributed by atoms with van der Waals surface area (Å²) in [4.78, 5) is 93.6. The topological polar surface area (TPSA) is 468 Å². The number of aliphatic carboxylic acids is 2. The third-order valence-electron chi connectivity index (χ3n) is 10.4. The van der Waals surface area contributed by atoms with Crippen LogP contribution in [-0.4, -0.2) is 184 Å². The number of nitrogens with zero attached hydrogens (tertiary/aromatic N) is 2. The molecule has 0 aliphatic carbocycles. The lowest BCUT2D eigenvalue weighted by molar-refractivity contribution is -0.140. The van der Waals surface area contributed by atoms with E-state index in [1.54, 1.807) is 123 Å². The summed E-state index contributed by atoms with van der Waals surface area (Å²) in [5.74, 6) is -4.89. The number of hydrogen-bond donors (Lipinski definition) is 14. The summed E-state index contributed by atoms with van der Waals surface area (Å²) in [6, 6.07) is 13.0. The second-order valence-electron chi connectivity index (χ2n) is 23.9. The molecule has 29 heteroatoms. The second-order valence-corrected chi connectivity index (χ2v) is 23.9. The van der Waals surface area contributed by atoms with E-state index in [0.717, 1.165) is 0 Å². The minimum absolute atomic E-state index is 0. The highest BCUT2D eigenvalue weighted by Crippen LogP contribution is 2.29. The monoisotopic (exact) mass is 1290 g/mol. The molecule has 0 spiro atoms. The van der Waals surface area contributed by atoms with Crippen molar-refractivity contribution >= 4 is 48.3 Å². The Morgan fingerprint density at radius 2 is 0.659 bits per heavy atom. The summed E-state index contributed by atoms with van der Waals surface area (Å²) >= 11 is 0. The van der Waals surface area contributed by atoms with Crippen molar-refractivity contribution in [3.05, 3.63) is 95.1 Å². The van der Waals surface area contributed by atoms with E-state index < -0.39 is 83.0 Å². The molecule has 4 aromatic rings. The summed E-state index contributed by atoms with van der Waals surface area (Å²) < 4.78 is 24.0. The van der Waals surface area contributed by atoms with Gasteiger partial charge < -0.3 is 107 Å². The van der Waals surface area contributed by atoms with Crippen LogP contribution in [0.4, 0.5) is 19.2 Å². The number of nitrogens with two attached hydrogens (primary N) is 2. The lowest BCUT2D eigenvalue weighted by Gasteiger charge is -2.25. The van der Waals surface area contributed by atoms with Gasteiger partial charge in [-0.15, -0.1) is 0 Å². The Balaban J connectivity index is -0.00000107. The van der Waals surface area contributed by atoms with Gasteiger partial charge in [-0.2, -0.15) is 0 Å². The number of phenols is 8. The number of phenolic OH excluding ortho intramolecular Hbond substituents is 8. The standard InChI is InChI=1S/C16H24N2O5.C14H19NO6.C11H16N2O3.C10H18O5.C9H11NO4.2CH4/c1-16(2,3)23-15(22)17-11(14(21)18(4)5)8-10-6-7-12(19)13(20)9-10;1-14(2,3)21-13(20)15-9(12(18)19)6-8-4-5-10(16)11(17)7-8;1-13(2)11(16)8(12)5-7-3-4-9(14)10(15)6-7;1-9(2,3)14-7(11)13-8(12)15-10(4,5)6;10-6(9(13)14)3-5-1-2-7(11)8(12)4-5;;/h6-7,9,11,19-20H,8H2,1-5H3,(H,17,22);4-5,7,9,16-17H,6H2,1-3H3,(H,15,20)(H,18,19);3-4,6,8,14-15H,5,12H2,1-2H3;1-6H3;1-2,4,6,11-12H,3,10H2,(H,13,14);2*1H4/t11-;9-;8-;;6-;;/m000.0../s1. The fourth-order valence-electron chi connectivity index (χ4n) is 6.49. The van der Waals surface area contributed by atoms with Crippen LogP contribution in [-0.2, 0) is 68.5 Å². The molecule has 4 atom stereocenters.